The van der Waals surface area contributed by atoms with E-state index in [1.54, 1.807) is 43.3 Å². The van der Waals surface area contributed by atoms with Crippen molar-refractivity contribution in [1.82, 2.24) is 0 Å². The summed E-state index contributed by atoms with van der Waals surface area (Å²) in [6.07, 6.45) is 0.0794. The Kier molecular flexibility index (Phi) is 4.73. The highest BCUT2D eigenvalue weighted by Gasteiger charge is 2.34. The highest BCUT2D eigenvalue weighted by Crippen LogP contribution is 2.33. The SMILES string of the molecule is C[C@H]1Oc2ccccc2O[C@@H]1C(=O)Nc1ccc(N2C(=O)CCCC2=O)cc1. The van der Waals surface area contributed by atoms with Crippen LogP contribution in [0.5, 0.6) is 11.5 Å². The molecule has 0 saturated carbocycles. The molecule has 2 aromatic rings. The van der Waals surface area contributed by atoms with E-state index in [4.69, 9.17) is 9.47 Å². The van der Waals surface area contributed by atoms with E-state index in [0.717, 1.165) is 0 Å². The number of para-hydroxylation sites is 2. The van der Waals surface area contributed by atoms with Crippen LogP contribution in [0.15, 0.2) is 48.5 Å². The second kappa shape index (κ2) is 7.34. The molecule has 1 N–H and O–H groups in total. The van der Waals surface area contributed by atoms with Crippen molar-refractivity contribution in [2.24, 2.45) is 0 Å². The molecule has 1 saturated heterocycles. The minimum Gasteiger partial charge on any atom is -0.482 e. The van der Waals surface area contributed by atoms with Crippen LogP contribution < -0.4 is 19.7 Å². The van der Waals surface area contributed by atoms with Crippen molar-refractivity contribution in [2.45, 2.75) is 38.4 Å². The molecule has 2 atom stereocenters. The highest BCUT2D eigenvalue weighted by atomic mass is 16.6. The summed E-state index contributed by atoms with van der Waals surface area (Å²) in [6, 6.07) is 13.8. The van der Waals surface area contributed by atoms with Gasteiger partial charge in [-0.15, -0.1) is 0 Å². The van der Waals surface area contributed by atoms with E-state index < -0.39 is 12.2 Å². The molecule has 1 fully saturated rings. The molecule has 7 nitrogen and oxygen atoms in total. The van der Waals surface area contributed by atoms with Gasteiger partial charge in [-0.1, -0.05) is 12.1 Å². The Labute approximate surface area is 162 Å². The van der Waals surface area contributed by atoms with Crippen molar-refractivity contribution in [2.75, 3.05) is 10.2 Å². The van der Waals surface area contributed by atoms with Crippen molar-refractivity contribution in [1.29, 1.82) is 0 Å². The van der Waals surface area contributed by atoms with Gasteiger partial charge in [0.25, 0.3) is 5.91 Å². The van der Waals surface area contributed by atoms with E-state index in [1.165, 1.54) is 4.90 Å². The number of carbonyl (C=O) groups is 3. The Bertz CT molecular complexity index is 909. The summed E-state index contributed by atoms with van der Waals surface area (Å²) in [4.78, 5) is 37.9. The molecule has 3 amide bonds. The number of fused-ring (bicyclic) bond motifs is 1. The van der Waals surface area contributed by atoms with Crippen LogP contribution in [-0.2, 0) is 14.4 Å². The van der Waals surface area contributed by atoms with Gasteiger partial charge < -0.3 is 14.8 Å². The molecule has 0 aromatic heterocycles. The molecule has 2 aliphatic heterocycles. The molecule has 0 spiro atoms. The molecule has 4 rings (SSSR count). The van der Waals surface area contributed by atoms with Gasteiger partial charge in [0.05, 0.1) is 5.69 Å². The summed E-state index contributed by atoms with van der Waals surface area (Å²) < 4.78 is 11.5. The van der Waals surface area contributed by atoms with Gasteiger partial charge in [-0.2, -0.15) is 0 Å². The lowest BCUT2D eigenvalue weighted by Crippen LogP contribution is -2.46. The Balaban J connectivity index is 1.45. The van der Waals surface area contributed by atoms with Crippen molar-refractivity contribution in [3.05, 3.63) is 48.5 Å². The third kappa shape index (κ3) is 3.43. The molecule has 0 unspecified atom stereocenters. The van der Waals surface area contributed by atoms with Crippen LogP contribution in [0, 0.1) is 0 Å². The van der Waals surface area contributed by atoms with E-state index in [1.807, 2.05) is 12.1 Å². The van der Waals surface area contributed by atoms with Crippen LogP contribution in [0.2, 0.25) is 0 Å². The van der Waals surface area contributed by atoms with E-state index in [2.05, 4.69) is 5.32 Å². The summed E-state index contributed by atoms with van der Waals surface area (Å²) in [6.45, 7) is 1.77. The highest BCUT2D eigenvalue weighted by molar-refractivity contribution is 6.16. The number of anilines is 2. The first kappa shape index (κ1) is 18.0. The number of rotatable bonds is 3. The summed E-state index contributed by atoms with van der Waals surface area (Å²) in [5, 5.41) is 2.79. The molecular formula is C21H20N2O5. The first-order valence-corrected chi connectivity index (χ1v) is 9.22. The van der Waals surface area contributed by atoms with Gasteiger partial charge >= 0.3 is 0 Å². The van der Waals surface area contributed by atoms with Gasteiger partial charge in [0, 0.05) is 18.5 Å². The number of carbonyl (C=O) groups excluding carboxylic acids is 3. The van der Waals surface area contributed by atoms with Crippen LogP contribution in [0.25, 0.3) is 0 Å². The van der Waals surface area contributed by atoms with Gasteiger partial charge in [0.2, 0.25) is 17.9 Å². The number of hydrogen-bond donors (Lipinski definition) is 1. The summed E-state index contributed by atoms with van der Waals surface area (Å²) >= 11 is 0. The van der Waals surface area contributed by atoms with Gasteiger partial charge in [-0.05, 0) is 49.7 Å². The molecule has 2 heterocycles. The number of nitrogens with zero attached hydrogens (tertiary/aromatic N) is 1. The largest absolute Gasteiger partial charge is 0.482 e. The number of hydrogen-bond acceptors (Lipinski definition) is 5. The van der Waals surface area contributed by atoms with E-state index in [9.17, 15) is 14.4 Å². The molecular weight excluding hydrogens is 360 g/mol. The fraction of sp³-hybridized carbons (Fsp3) is 0.286. The fourth-order valence-electron chi connectivity index (χ4n) is 3.35. The molecule has 2 aromatic carbocycles. The van der Waals surface area contributed by atoms with Crippen LogP contribution in [-0.4, -0.2) is 29.9 Å². The molecule has 0 radical (unpaired) electrons. The normalized spacial score (nSPS) is 21.4. The topological polar surface area (TPSA) is 84.9 Å². The third-order valence-corrected chi connectivity index (χ3v) is 4.77. The number of ether oxygens (including phenoxy) is 2. The average molecular weight is 380 g/mol. The fourth-order valence-corrected chi connectivity index (χ4v) is 3.35. The predicted molar refractivity (Wildman–Crippen MR) is 102 cm³/mol. The Morgan fingerprint density at radius 3 is 2.21 bits per heavy atom. The summed E-state index contributed by atoms with van der Waals surface area (Å²) in [5.41, 5.74) is 1.05. The molecule has 0 aliphatic carbocycles. The van der Waals surface area contributed by atoms with Crippen molar-refractivity contribution in [3.8, 4) is 11.5 Å². The minimum atomic E-state index is -0.792. The minimum absolute atomic E-state index is 0.201. The maximum absolute atomic E-state index is 12.6. The number of nitrogens with one attached hydrogen (secondary N) is 1. The zero-order chi connectivity index (χ0) is 19.7. The lowest BCUT2D eigenvalue weighted by Gasteiger charge is -2.31. The van der Waals surface area contributed by atoms with Gasteiger partial charge in [-0.25, -0.2) is 0 Å². The molecule has 144 valence electrons. The third-order valence-electron chi connectivity index (χ3n) is 4.77. The Morgan fingerprint density at radius 1 is 0.964 bits per heavy atom. The predicted octanol–water partition coefficient (Wildman–Crippen LogP) is 2.90. The van der Waals surface area contributed by atoms with Crippen molar-refractivity contribution < 1.29 is 23.9 Å². The summed E-state index contributed by atoms with van der Waals surface area (Å²) in [5.74, 6) is 0.402. The van der Waals surface area contributed by atoms with Gasteiger partial charge in [0.1, 0.15) is 6.10 Å². The lowest BCUT2D eigenvalue weighted by atomic mass is 10.1. The second-order valence-electron chi connectivity index (χ2n) is 6.82. The maximum Gasteiger partial charge on any atom is 0.269 e. The molecule has 28 heavy (non-hydrogen) atoms. The van der Waals surface area contributed by atoms with Gasteiger partial charge in [0.15, 0.2) is 11.5 Å². The zero-order valence-corrected chi connectivity index (χ0v) is 15.4. The quantitative estimate of drug-likeness (QED) is 0.828. The first-order chi connectivity index (χ1) is 13.5. The van der Waals surface area contributed by atoms with E-state index in [0.29, 0.717) is 42.1 Å². The number of amides is 3. The number of benzene rings is 2. The smallest absolute Gasteiger partial charge is 0.269 e. The number of piperidine rings is 1. The van der Waals surface area contributed by atoms with Crippen LogP contribution in [0.4, 0.5) is 11.4 Å². The number of imide groups is 1. The van der Waals surface area contributed by atoms with E-state index in [-0.39, 0.29) is 17.7 Å². The average Bonchev–Trinajstić information content (AvgIpc) is 2.68. The van der Waals surface area contributed by atoms with Gasteiger partial charge in [-0.3, -0.25) is 19.3 Å². The molecule has 2 aliphatic rings. The van der Waals surface area contributed by atoms with Crippen molar-refractivity contribution in [3.63, 3.8) is 0 Å². The van der Waals surface area contributed by atoms with E-state index >= 15 is 0 Å². The monoisotopic (exact) mass is 380 g/mol. The molecule has 7 heteroatoms. The Hall–Kier alpha value is -3.35. The van der Waals surface area contributed by atoms with Crippen LogP contribution >= 0.6 is 0 Å². The zero-order valence-electron chi connectivity index (χ0n) is 15.4. The first-order valence-electron chi connectivity index (χ1n) is 9.22. The molecule has 0 bridgehead atoms. The maximum atomic E-state index is 12.6. The Morgan fingerprint density at radius 2 is 1.57 bits per heavy atom. The summed E-state index contributed by atoms with van der Waals surface area (Å²) in [7, 11) is 0. The van der Waals surface area contributed by atoms with Crippen LogP contribution in [0.3, 0.4) is 0 Å². The lowest BCUT2D eigenvalue weighted by molar-refractivity contribution is -0.129. The van der Waals surface area contributed by atoms with Crippen molar-refractivity contribution >= 4 is 29.1 Å². The van der Waals surface area contributed by atoms with Crippen LogP contribution in [0.1, 0.15) is 26.2 Å². The standard InChI is InChI=1S/C21H20N2O5/c1-13-20(28-17-6-3-2-5-16(17)27-13)21(26)22-14-9-11-15(12-10-14)23-18(24)7-4-8-19(23)25/h2-3,5-6,9-13,20H,4,7-8H2,1H3,(H,22,26)/t13-,20+/m1/s1. The second-order valence-corrected chi connectivity index (χ2v) is 6.82.